The van der Waals surface area contributed by atoms with Crippen LogP contribution >= 0.6 is 0 Å². The van der Waals surface area contributed by atoms with Gasteiger partial charge in [-0.05, 0) is 62.4 Å². The number of rotatable bonds is 3. The number of aryl methyl sites for hydroxylation is 1. The Kier molecular flexibility index (Phi) is 5.30. The van der Waals surface area contributed by atoms with Crippen molar-refractivity contribution in [2.45, 2.75) is 56.3 Å². The monoisotopic (exact) mass is 439 g/mol. The Bertz CT molecular complexity index is 1030. The number of anilines is 1. The molecule has 0 spiro atoms. The van der Waals surface area contributed by atoms with E-state index in [-0.39, 0.29) is 12.1 Å². The second-order valence-electron chi connectivity index (χ2n) is 8.09. The zero-order chi connectivity index (χ0) is 21.7. The number of pyridine rings is 1. The molecule has 2 heterocycles. The predicted molar refractivity (Wildman–Crippen MR) is 108 cm³/mol. The van der Waals surface area contributed by atoms with Gasteiger partial charge in [0, 0.05) is 31.4 Å². The summed E-state index contributed by atoms with van der Waals surface area (Å²) >= 11 is 0. The fourth-order valence-corrected chi connectivity index (χ4v) is 6.75. The minimum atomic E-state index is -4.44. The fraction of sp³-hybridized carbons (Fsp3) is 0.476. The molecule has 4 rings (SSSR count). The van der Waals surface area contributed by atoms with Crippen LogP contribution in [0.2, 0.25) is 0 Å². The van der Waals surface area contributed by atoms with Crippen molar-refractivity contribution in [3.05, 3.63) is 53.2 Å². The molecule has 1 fully saturated rings. The number of alkyl halides is 3. The van der Waals surface area contributed by atoms with E-state index in [1.807, 2.05) is 24.8 Å². The Balaban J connectivity index is 1.58. The Morgan fingerprint density at radius 1 is 1.03 bits per heavy atom. The Hall–Kier alpha value is -2.13. The van der Waals surface area contributed by atoms with Crippen molar-refractivity contribution in [2.24, 2.45) is 0 Å². The predicted octanol–water partition coefficient (Wildman–Crippen LogP) is 3.88. The zero-order valence-corrected chi connectivity index (χ0v) is 17.7. The van der Waals surface area contributed by atoms with Gasteiger partial charge in [-0.15, -0.1) is 0 Å². The van der Waals surface area contributed by atoms with E-state index in [0.29, 0.717) is 23.8 Å². The summed E-state index contributed by atoms with van der Waals surface area (Å²) in [6.45, 7) is 4.37. The molecule has 5 nitrogen and oxygen atoms in total. The normalized spacial score (nSPS) is 22.9. The van der Waals surface area contributed by atoms with Crippen LogP contribution in [0.1, 0.15) is 37.0 Å². The summed E-state index contributed by atoms with van der Waals surface area (Å²) in [7, 11) is -3.68. The molecule has 0 radical (unpaired) electrons. The smallest absolute Gasteiger partial charge is 0.353 e. The van der Waals surface area contributed by atoms with E-state index in [9.17, 15) is 21.6 Å². The minimum absolute atomic E-state index is 0.347. The zero-order valence-electron chi connectivity index (χ0n) is 16.9. The molecule has 162 valence electrons. The van der Waals surface area contributed by atoms with Gasteiger partial charge in [0.25, 0.3) is 0 Å². The number of piperazine rings is 1. The molecule has 2 aromatic rings. The number of benzene rings is 1. The maximum Gasteiger partial charge on any atom is 0.417 e. The molecule has 9 heteroatoms. The molecule has 1 aromatic heterocycles. The van der Waals surface area contributed by atoms with E-state index >= 15 is 0 Å². The van der Waals surface area contributed by atoms with Crippen molar-refractivity contribution in [3.63, 3.8) is 0 Å². The highest BCUT2D eigenvalue weighted by Crippen LogP contribution is 2.34. The van der Waals surface area contributed by atoms with Gasteiger partial charge in [0.05, 0.1) is 10.5 Å². The molecule has 0 unspecified atom stereocenters. The fourth-order valence-electron chi connectivity index (χ4n) is 4.65. The molecule has 30 heavy (non-hydrogen) atoms. The van der Waals surface area contributed by atoms with Crippen LogP contribution in [0, 0.1) is 0 Å². The Morgan fingerprint density at radius 2 is 1.73 bits per heavy atom. The average molecular weight is 440 g/mol. The topological polar surface area (TPSA) is 53.5 Å². The van der Waals surface area contributed by atoms with Gasteiger partial charge in [-0.3, -0.25) is 0 Å². The first-order valence-electron chi connectivity index (χ1n) is 10.0. The molecule has 1 saturated heterocycles. The van der Waals surface area contributed by atoms with Crippen LogP contribution in [-0.4, -0.2) is 42.9 Å². The van der Waals surface area contributed by atoms with Crippen molar-refractivity contribution in [1.29, 1.82) is 0 Å². The van der Waals surface area contributed by atoms with Gasteiger partial charge in [-0.2, -0.15) is 17.5 Å². The van der Waals surface area contributed by atoms with E-state index in [2.05, 4.69) is 4.98 Å². The van der Waals surface area contributed by atoms with Gasteiger partial charge in [-0.1, -0.05) is 12.1 Å². The molecule has 2 aliphatic rings. The molecular formula is C21H24F3N3O2S. The molecule has 0 saturated carbocycles. The maximum atomic E-state index is 13.5. The van der Waals surface area contributed by atoms with E-state index in [4.69, 9.17) is 0 Å². The van der Waals surface area contributed by atoms with E-state index in [0.717, 1.165) is 42.7 Å². The first kappa shape index (κ1) is 21.1. The van der Waals surface area contributed by atoms with Crippen LogP contribution in [0.25, 0.3) is 0 Å². The highest BCUT2D eigenvalue weighted by molar-refractivity contribution is 7.89. The lowest BCUT2D eigenvalue weighted by Crippen LogP contribution is -2.58. The van der Waals surface area contributed by atoms with Gasteiger partial charge in [0.2, 0.25) is 10.0 Å². The molecule has 0 N–H and O–H groups in total. The third-order valence-electron chi connectivity index (χ3n) is 5.90. The summed E-state index contributed by atoms with van der Waals surface area (Å²) in [6, 6.07) is 7.13. The molecule has 2 atom stereocenters. The Labute approximate surface area is 174 Å². The quantitative estimate of drug-likeness (QED) is 0.729. The van der Waals surface area contributed by atoms with Crippen molar-refractivity contribution in [2.75, 3.05) is 18.0 Å². The summed E-state index contributed by atoms with van der Waals surface area (Å²) in [5.41, 5.74) is 1.22. The second-order valence-corrected chi connectivity index (χ2v) is 9.90. The minimum Gasteiger partial charge on any atom is -0.353 e. The van der Waals surface area contributed by atoms with E-state index < -0.39 is 21.8 Å². The number of aromatic nitrogens is 1. The lowest BCUT2D eigenvalue weighted by atomic mass is 10.1. The van der Waals surface area contributed by atoms with Gasteiger partial charge in [0.15, 0.2) is 0 Å². The van der Waals surface area contributed by atoms with Crippen molar-refractivity contribution in [1.82, 2.24) is 9.29 Å². The number of sulfonamides is 1. The lowest BCUT2D eigenvalue weighted by Gasteiger charge is -2.44. The molecular weight excluding hydrogens is 415 g/mol. The number of nitrogens with zero attached hydrogens (tertiary/aromatic N) is 3. The summed E-state index contributed by atoms with van der Waals surface area (Å²) < 4.78 is 67.0. The molecule has 1 aliphatic carbocycles. The maximum absolute atomic E-state index is 13.5. The van der Waals surface area contributed by atoms with Crippen molar-refractivity contribution in [3.8, 4) is 0 Å². The number of hydrogen-bond donors (Lipinski definition) is 0. The van der Waals surface area contributed by atoms with E-state index in [1.54, 1.807) is 16.4 Å². The number of fused-ring (bicyclic) bond motifs is 1. The molecule has 0 bridgehead atoms. The first-order valence-corrected chi connectivity index (χ1v) is 11.5. The third-order valence-corrected chi connectivity index (χ3v) is 8.11. The Morgan fingerprint density at radius 3 is 2.33 bits per heavy atom. The summed E-state index contributed by atoms with van der Waals surface area (Å²) in [4.78, 5) is 6.20. The average Bonchev–Trinajstić information content (AvgIpc) is 3.15. The van der Waals surface area contributed by atoms with E-state index in [1.165, 1.54) is 6.07 Å². The van der Waals surface area contributed by atoms with Crippen LogP contribution in [0.15, 0.2) is 41.4 Å². The van der Waals surface area contributed by atoms with Crippen LogP contribution in [0.4, 0.5) is 19.0 Å². The van der Waals surface area contributed by atoms with Crippen LogP contribution in [0.3, 0.4) is 0 Å². The van der Waals surface area contributed by atoms with Gasteiger partial charge in [-0.25, -0.2) is 13.4 Å². The summed E-state index contributed by atoms with van der Waals surface area (Å²) in [6.07, 6.45) is -0.990. The van der Waals surface area contributed by atoms with Gasteiger partial charge >= 0.3 is 6.18 Å². The summed E-state index contributed by atoms with van der Waals surface area (Å²) in [5, 5.41) is 0. The standard InChI is InChI=1S/C21H24F3N3O2S/c1-14-12-26(20-10-9-17(11-25-20)21(22,23)24)13-15(2)27(14)30(28,29)19-8-4-6-16-5-3-7-18(16)19/h4,6,8-11,14-15H,3,5,7,12-13H2,1-2H3/t14-,15+. The lowest BCUT2D eigenvalue weighted by molar-refractivity contribution is -0.137. The number of halogens is 3. The van der Waals surface area contributed by atoms with Crippen LogP contribution < -0.4 is 4.90 Å². The number of hydrogen-bond acceptors (Lipinski definition) is 4. The highest BCUT2D eigenvalue weighted by Gasteiger charge is 2.40. The molecule has 0 amide bonds. The van der Waals surface area contributed by atoms with Gasteiger partial charge < -0.3 is 4.90 Å². The van der Waals surface area contributed by atoms with Crippen LogP contribution in [-0.2, 0) is 29.0 Å². The van der Waals surface area contributed by atoms with Gasteiger partial charge in [0.1, 0.15) is 5.82 Å². The first-order chi connectivity index (χ1) is 14.1. The second kappa shape index (κ2) is 7.53. The van der Waals surface area contributed by atoms with Crippen molar-refractivity contribution >= 4 is 15.8 Å². The SMILES string of the molecule is C[C@@H]1CN(c2ccc(C(F)(F)F)cn2)C[C@H](C)N1S(=O)(=O)c1cccc2c1CCC2. The third kappa shape index (κ3) is 3.69. The molecule has 1 aromatic carbocycles. The summed E-state index contributed by atoms with van der Waals surface area (Å²) in [5.74, 6) is 0.416. The van der Waals surface area contributed by atoms with Crippen LogP contribution in [0.5, 0.6) is 0 Å². The highest BCUT2D eigenvalue weighted by atomic mass is 32.2. The largest absolute Gasteiger partial charge is 0.417 e. The van der Waals surface area contributed by atoms with Crippen molar-refractivity contribution < 1.29 is 21.6 Å². The molecule has 1 aliphatic heterocycles.